The molecule has 2 saturated heterocycles. The van der Waals surface area contributed by atoms with E-state index in [0.29, 0.717) is 24.1 Å². The second-order valence-corrected chi connectivity index (χ2v) is 12.9. The van der Waals surface area contributed by atoms with Crippen molar-refractivity contribution in [3.63, 3.8) is 0 Å². The highest BCUT2D eigenvalue weighted by molar-refractivity contribution is 7.88. The number of phenols is 1. The molecule has 2 N–H and O–H groups in total. The van der Waals surface area contributed by atoms with Crippen LogP contribution in [0, 0.1) is 24.6 Å². The number of nitrogens with one attached hydrogen (secondary N) is 1. The Morgan fingerprint density at radius 1 is 1.21 bits per heavy atom. The summed E-state index contributed by atoms with van der Waals surface area (Å²) in [5, 5.41) is 13.0. The Kier molecular flexibility index (Phi) is 8.75. The maximum Gasteiger partial charge on any atom is 0.263 e. The number of ketones is 1. The molecule has 1 unspecified atom stereocenters. The van der Waals surface area contributed by atoms with E-state index in [4.69, 9.17) is 0 Å². The number of piperidine rings is 2. The molecule has 4 atom stereocenters. The average molecular weight is 568 g/mol. The first-order chi connectivity index (χ1) is 18.3. The van der Waals surface area contributed by atoms with Crippen LogP contribution >= 0.6 is 0 Å². The molecule has 2 aromatic rings. The van der Waals surface area contributed by atoms with Crippen molar-refractivity contribution < 1.29 is 31.5 Å². The van der Waals surface area contributed by atoms with Gasteiger partial charge < -0.3 is 15.3 Å². The van der Waals surface area contributed by atoms with Gasteiger partial charge in [0.2, 0.25) is 10.0 Å². The molecule has 2 aliphatic heterocycles. The van der Waals surface area contributed by atoms with Crippen LogP contribution in [0.3, 0.4) is 0 Å². The third kappa shape index (κ3) is 6.48. The van der Waals surface area contributed by atoms with Crippen molar-refractivity contribution in [1.29, 1.82) is 0 Å². The number of likely N-dealkylation sites (tertiary alicyclic amines) is 1. The highest BCUT2D eigenvalue weighted by atomic mass is 32.2. The number of rotatable bonds is 8. The van der Waals surface area contributed by atoms with E-state index >= 15 is 8.78 Å². The standard InChI is InChI=1S/C28H36F3N3O4S/c1-18-21(9-5-10-24(18)29)25-22(26(36)19-7-4-8-20(35)15-19)16-34(14-13-33(2)39(3,37)38)17-23(25)27-28(30,31)11-6-12-32-27/h4-5,7-10,15,22-23,25,27,32,35H,6,11-14,16-17H2,1-3H3/t22-,23-,25-,27?/m0/s1. The van der Waals surface area contributed by atoms with Crippen LogP contribution in [0.25, 0.3) is 0 Å². The summed E-state index contributed by atoms with van der Waals surface area (Å²) in [6, 6.07) is 9.18. The summed E-state index contributed by atoms with van der Waals surface area (Å²) in [5.41, 5.74) is 1.05. The van der Waals surface area contributed by atoms with E-state index in [9.17, 15) is 22.7 Å². The Morgan fingerprint density at radius 2 is 1.92 bits per heavy atom. The normalized spacial score (nSPS) is 26.0. The van der Waals surface area contributed by atoms with Gasteiger partial charge in [-0.3, -0.25) is 4.79 Å². The predicted octanol–water partition coefficient (Wildman–Crippen LogP) is 3.63. The topological polar surface area (TPSA) is 90.0 Å². The first-order valence-corrected chi connectivity index (χ1v) is 15.0. The number of carbonyl (C=O) groups excluding carboxylic acids is 1. The summed E-state index contributed by atoms with van der Waals surface area (Å²) in [6.07, 6.45) is 1.11. The number of halogens is 3. The molecule has 39 heavy (non-hydrogen) atoms. The van der Waals surface area contributed by atoms with Gasteiger partial charge in [0.25, 0.3) is 5.92 Å². The van der Waals surface area contributed by atoms with Crippen LogP contribution in [0.2, 0.25) is 0 Å². The van der Waals surface area contributed by atoms with Gasteiger partial charge in [-0.2, -0.15) is 0 Å². The first kappa shape index (κ1) is 29.5. The van der Waals surface area contributed by atoms with E-state index in [1.807, 2.05) is 4.90 Å². The van der Waals surface area contributed by atoms with Crippen molar-refractivity contribution in [3.05, 3.63) is 65.0 Å². The number of hydrogen-bond acceptors (Lipinski definition) is 6. The summed E-state index contributed by atoms with van der Waals surface area (Å²) in [7, 11) is -2.01. The third-order valence-corrected chi connectivity index (χ3v) is 9.50. The molecule has 2 fully saturated rings. The summed E-state index contributed by atoms with van der Waals surface area (Å²) < 4.78 is 70.9. The van der Waals surface area contributed by atoms with Crippen LogP contribution in [-0.4, -0.2) is 86.5 Å². The van der Waals surface area contributed by atoms with E-state index in [-0.39, 0.29) is 49.7 Å². The summed E-state index contributed by atoms with van der Waals surface area (Å²) in [5.74, 6) is -6.31. The molecule has 0 radical (unpaired) electrons. The number of carbonyl (C=O) groups is 1. The number of likely N-dealkylation sites (N-methyl/N-ethyl adjacent to an activating group) is 1. The number of benzene rings is 2. The Bertz CT molecular complexity index is 1310. The fraction of sp³-hybridized carbons (Fsp3) is 0.536. The van der Waals surface area contributed by atoms with Gasteiger partial charge in [-0.05, 0) is 49.2 Å². The molecule has 4 rings (SSSR count). The molecule has 214 valence electrons. The lowest BCUT2D eigenvalue weighted by atomic mass is 9.66. The Hall–Kier alpha value is -2.47. The molecular weight excluding hydrogens is 531 g/mol. The van der Waals surface area contributed by atoms with E-state index < -0.39 is 45.6 Å². The zero-order chi connectivity index (χ0) is 28.5. The minimum atomic E-state index is -3.46. The fourth-order valence-electron chi connectivity index (χ4n) is 6.02. The molecule has 0 aromatic heterocycles. The largest absolute Gasteiger partial charge is 0.508 e. The number of sulfonamides is 1. The second-order valence-electron chi connectivity index (χ2n) is 10.8. The SMILES string of the molecule is Cc1c(F)cccc1[C@H]1[C@@H](C(=O)c2cccc(O)c2)CN(CCN(C)S(C)(=O)=O)C[C@@H]1C1NCCCC1(F)F. The summed E-state index contributed by atoms with van der Waals surface area (Å²) in [4.78, 5) is 15.9. The van der Waals surface area contributed by atoms with E-state index in [2.05, 4.69) is 5.32 Å². The molecular formula is C28H36F3N3O4S. The van der Waals surface area contributed by atoms with Crippen molar-refractivity contribution in [3.8, 4) is 5.75 Å². The minimum Gasteiger partial charge on any atom is -0.508 e. The highest BCUT2D eigenvalue weighted by Gasteiger charge is 2.53. The fourth-order valence-corrected chi connectivity index (χ4v) is 6.44. The molecule has 0 bridgehead atoms. The molecule has 2 heterocycles. The van der Waals surface area contributed by atoms with E-state index in [1.165, 1.54) is 35.6 Å². The van der Waals surface area contributed by atoms with E-state index in [0.717, 1.165) is 6.26 Å². The van der Waals surface area contributed by atoms with Gasteiger partial charge in [-0.1, -0.05) is 24.3 Å². The Labute approximate surface area is 228 Å². The van der Waals surface area contributed by atoms with Crippen LogP contribution in [0.5, 0.6) is 5.75 Å². The number of Topliss-reactive ketones (excluding diaryl/α,β-unsaturated/α-hetero) is 1. The number of hydrogen-bond donors (Lipinski definition) is 2. The Morgan fingerprint density at radius 3 is 2.59 bits per heavy atom. The number of phenolic OH excluding ortho intramolecular Hbond substituents is 1. The van der Waals surface area contributed by atoms with Gasteiger partial charge >= 0.3 is 0 Å². The van der Waals surface area contributed by atoms with Crippen LogP contribution in [0.15, 0.2) is 42.5 Å². The molecule has 11 heteroatoms. The maximum absolute atomic E-state index is 15.5. The van der Waals surface area contributed by atoms with Gasteiger partial charge in [-0.25, -0.2) is 25.9 Å². The van der Waals surface area contributed by atoms with Crippen molar-refractivity contribution in [2.24, 2.45) is 11.8 Å². The Balaban J connectivity index is 1.81. The van der Waals surface area contributed by atoms with Crippen LogP contribution in [0.1, 0.15) is 40.2 Å². The molecule has 0 spiro atoms. The molecule has 7 nitrogen and oxygen atoms in total. The molecule has 0 saturated carbocycles. The maximum atomic E-state index is 15.5. The van der Waals surface area contributed by atoms with Crippen LogP contribution < -0.4 is 5.32 Å². The molecule has 0 amide bonds. The van der Waals surface area contributed by atoms with Crippen molar-refractivity contribution in [2.75, 3.05) is 46.0 Å². The minimum absolute atomic E-state index is 0.0983. The number of alkyl halides is 2. The van der Waals surface area contributed by atoms with E-state index in [1.54, 1.807) is 25.1 Å². The van der Waals surface area contributed by atoms with Crippen molar-refractivity contribution >= 4 is 15.8 Å². The lowest BCUT2D eigenvalue weighted by Crippen LogP contribution is -2.61. The number of aromatic hydroxyl groups is 1. The van der Waals surface area contributed by atoms with Crippen LogP contribution in [-0.2, 0) is 10.0 Å². The first-order valence-electron chi connectivity index (χ1n) is 13.1. The van der Waals surface area contributed by atoms with Gasteiger partial charge in [0.05, 0.1) is 12.3 Å². The molecule has 2 aromatic carbocycles. The van der Waals surface area contributed by atoms with Gasteiger partial charge in [0.15, 0.2) is 5.78 Å². The quantitative estimate of drug-likeness (QED) is 0.474. The zero-order valence-electron chi connectivity index (χ0n) is 22.4. The molecule has 0 aliphatic carbocycles. The van der Waals surface area contributed by atoms with Gasteiger partial charge in [0, 0.05) is 63.0 Å². The van der Waals surface area contributed by atoms with Gasteiger partial charge in [-0.15, -0.1) is 0 Å². The summed E-state index contributed by atoms with van der Waals surface area (Å²) in [6.45, 7) is 2.69. The smallest absolute Gasteiger partial charge is 0.263 e. The lowest BCUT2D eigenvalue weighted by molar-refractivity contribution is -0.0946. The lowest BCUT2D eigenvalue weighted by Gasteiger charge is -2.49. The number of nitrogens with zero attached hydrogens (tertiary/aromatic N) is 2. The second kappa shape index (κ2) is 11.6. The third-order valence-electron chi connectivity index (χ3n) is 8.19. The predicted molar refractivity (Wildman–Crippen MR) is 143 cm³/mol. The van der Waals surface area contributed by atoms with Crippen LogP contribution in [0.4, 0.5) is 13.2 Å². The monoisotopic (exact) mass is 567 g/mol. The zero-order valence-corrected chi connectivity index (χ0v) is 23.2. The van der Waals surface area contributed by atoms with Crippen molar-refractivity contribution in [2.45, 2.75) is 37.6 Å². The van der Waals surface area contributed by atoms with Crippen molar-refractivity contribution in [1.82, 2.24) is 14.5 Å². The highest BCUT2D eigenvalue weighted by Crippen LogP contribution is 2.46. The summed E-state index contributed by atoms with van der Waals surface area (Å²) >= 11 is 0. The van der Waals surface area contributed by atoms with Gasteiger partial charge in [0.1, 0.15) is 11.6 Å². The average Bonchev–Trinajstić information content (AvgIpc) is 2.87. The molecule has 2 aliphatic rings.